The predicted molar refractivity (Wildman–Crippen MR) is 117 cm³/mol. The molecule has 3 rings (SSSR count). The van der Waals surface area contributed by atoms with Crippen molar-refractivity contribution >= 4 is 15.9 Å². The van der Waals surface area contributed by atoms with Crippen LogP contribution in [0.4, 0.5) is 4.39 Å². The average Bonchev–Trinajstić information content (AvgIpc) is 2.72. The molecule has 0 spiro atoms. The summed E-state index contributed by atoms with van der Waals surface area (Å²) in [6, 6.07) is 3.38. The number of piperidine rings is 1. The third kappa shape index (κ3) is 5.63. The molecule has 2 aliphatic rings. The van der Waals surface area contributed by atoms with Gasteiger partial charge in [-0.05, 0) is 50.3 Å². The van der Waals surface area contributed by atoms with Crippen LogP contribution in [0.5, 0.6) is 0 Å². The van der Waals surface area contributed by atoms with Crippen LogP contribution in [-0.4, -0.2) is 75.0 Å². The van der Waals surface area contributed by atoms with Gasteiger partial charge in [0.15, 0.2) is 0 Å². The highest BCUT2D eigenvalue weighted by atomic mass is 32.2. The molecular formula is C22H34FN3O4S. The van der Waals surface area contributed by atoms with Gasteiger partial charge in [-0.2, -0.15) is 4.31 Å². The highest BCUT2D eigenvalue weighted by molar-refractivity contribution is 7.89. The lowest BCUT2D eigenvalue weighted by molar-refractivity contribution is 0.0444. The number of rotatable bonds is 6. The van der Waals surface area contributed by atoms with Gasteiger partial charge in [0.25, 0.3) is 5.91 Å². The van der Waals surface area contributed by atoms with E-state index in [9.17, 15) is 17.6 Å². The molecule has 0 bridgehead atoms. The van der Waals surface area contributed by atoms with Gasteiger partial charge in [0.1, 0.15) is 5.82 Å². The number of hydrogen-bond acceptors (Lipinski definition) is 5. The summed E-state index contributed by atoms with van der Waals surface area (Å²) in [6.45, 7) is 11.9. The molecular weight excluding hydrogens is 421 g/mol. The van der Waals surface area contributed by atoms with Gasteiger partial charge >= 0.3 is 0 Å². The zero-order valence-electron chi connectivity index (χ0n) is 18.9. The minimum absolute atomic E-state index is 0.0844. The number of hydrogen-bond donors (Lipinski definition) is 1. The molecule has 31 heavy (non-hydrogen) atoms. The van der Waals surface area contributed by atoms with Crippen LogP contribution in [-0.2, 0) is 14.8 Å². The van der Waals surface area contributed by atoms with Crippen molar-refractivity contribution in [3.63, 3.8) is 0 Å². The molecule has 7 nitrogen and oxygen atoms in total. The Morgan fingerprint density at radius 1 is 1.19 bits per heavy atom. The van der Waals surface area contributed by atoms with E-state index >= 15 is 0 Å². The third-order valence-electron chi connectivity index (χ3n) is 6.20. The van der Waals surface area contributed by atoms with E-state index in [0.29, 0.717) is 31.6 Å². The van der Waals surface area contributed by atoms with Gasteiger partial charge in [-0.1, -0.05) is 13.8 Å². The maximum Gasteiger partial charge on any atom is 0.254 e. The molecule has 0 aromatic heterocycles. The minimum atomic E-state index is -3.81. The van der Waals surface area contributed by atoms with E-state index in [1.54, 1.807) is 0 Å². The maximum atomic E-state index is 14.4. The number of amides is 1. The number of nitrogens with one attached hydrogen (secondary N) is 1. The molecule has 2 unspecified atom stereocenters. The Hall–Kier alpha value is -1.55. The van der Waals surface area contributed by atoms with E-state index < -0.39 is 21.7 Å². The SMILES string of the molecule is CC1CC(C)CN(C(C)(C)CNC(=O)c2cc(S(=O)(=O)N3CCOCC3)ccc2F)C1. The molecule has 1 aromatic rings. The number of likely N-dealkylation sites (tertiary alicyclic amines) is 1. The van der Waals surface area contributed by atoms with Crippen molar-refractivity contribution in [3.8, 4) is 0 Å². The average molecular weight is 456 g/mol. The van der Waals surface area contributed by atoms with Gasteiger partial charge < -0.3 is 10.1 Å². The summed E-state index contributed by atoms with van der Waals surface area (Å²) in [5, 5.41) is 2.82. The number of halogens is 1. The zero-order valence-corrected chi connectivity index (χ0v) is 19.7. The number of ether oxygens (including phenoxy) is 1. The first-order chi connectivity index (χ1) is 14.5. The molecule has 1 amide bonds. The van der Waals surface area contributed by atoms with Crippen molar-refractivity contribution < 1.29 is 22.3 Å². The summed E-state index contributed by atoms with van der Waals surface area (Å²) >= 11 is 0. The lowest BCUT2D eigenvalue weighted by atomic mass is 9.88. The van der Waals surface area contributed by atoms with Crippen LogP contribution >= 0.6 is 0 Å². The Labute approximate surface area is 185 Å². The summed E-state index contributed by atoms with van der Waals surface area (Å²) in [6.07, 6.45) is 1.19. The number of carbonyl (C=O) groups is 1. The smallest absolute Gasteiger partial charge is 0.254 e. The van der Waals surface area contributed by atoms with Crippen molar-refractivity contribution in [3.05, 3.63) is 29.6 Å². The Kier molecular flexibility index (Phi) is 7.40. The first-order valence-corrected chi connectivity index (χ1v) is 12.4. The second kappa shape index (κ2) is 9.52. The second-order valence-corrected chi connectivity index (χ2v) is 11.4. The van der Waals surface area contributed by atoms with Crippen molar-refractivity contribution in [1.29, 1.82) is 0 Å². The molecule has 1 aromatic carbocycles. The molecule has 0 aliphatic carbocycles. The molecule has 2 heterocycles. The molecule has 2 aliphatic heterocycles. The Morgan fingerprint density at radius 3 is 2.42 bits per heavy atom. The Morgan fingerprint density at radius 2 is 1.81 bits per heavy atom. The van der Waals surface area contributed by atoms with Crippen LogP contribution < -0.4 is 5.32 Å². The third-order valence-corrected chi connectivity index (χ3v) is 8.09. The molecule has 2 saturated heterocycles. The summed E-state index contributed by atoms with van der Waals surface area (Å²) in [5.41, 5.74) is -0.558. The minimum Gasteiger partial charge on any atom is -0.379 e. The highest BCUT2D eigenvalue weighted by Crippen LogP contribution is 2.27. The highest BCUT2D eigenvalue weighted by Gasteiger charge is 2.33. The van der Waals surface area contributed by atoms with Crippen LogP contribution in [0.2, 0.25) is 0 Å². The molecule has 2 atom stereocenters. The fraction of sp³-hybridized carbons (Fsp3) is 0.682. The van der Waals surface area contributed by atoms with E-state index in [0.717, 1.165) is 25.2 Å². The standard InChI is InChI=1S/C22H34FN3O4S/c1-16-11-17(2)14-25(13-16)22(3,4)15-24-21(27)19-12-18(5-6-20(19)23)31(28,29)26-7-9-30-10-8-26/h5-6,12,16-17H,7-11,13-15H2,1-4H3,(H,24,27). The molecule has 2 fully saturated rings. The number of carbonyl (C=O) groups excluding carboxylic acids is 1. The van der Waals surface area contributed by atoms with Crippen LogP contribution in [0, 0.1) is 17.7 Å². The second-order valence-electron chi connectivity index (χ2n) is 9.50. The van der Waals surface area contributed by atoms with E-state index in [2.05, 4.69) is 37.9 Å². The van der Waals surface area contributed by atoms with Crippen molar-refractivity contribution in [2.75, 3.05) is 45.9 Å². The Balaban J connectivity index is 1.72. The summed E-state index contributed by atoms with van der Waals surface area (Å²) < 4.78 is 46.7. The Bertz CT molecular complexity index is 890. The van der Waals surface area contributed by atoms with Crippen LogP contribution in [0.15, 0.2) is 23.1 Å². The van der Waals surface area contributed by atoms with Gasteiger partial charge in [0, 0.05) is 38.3 Å². The largest absolute Gasteiger partial charge is 0.379 e. The van der Waals surface area contributed by atoms with E-state index in [-0.39, 0.29) is 29.1 Å². The lowest BCUT2D eigenvalue weighted by Gasteiger charge is -2.45. The van der Waals surface area contributed by atoms with Crippen molar-refractivity contribution in [1.82, 2.24) is 14.5 Å². The topological polar surface area (TPSA) is 79.0 Å². The molecule has 9 heteroatoms. The van der Waals surface area contributed by atoms with Crippen molar-refractivity contribution in [2.24, 2.45) is 11.8 Å². The van der Waals surface area contributed by atoms with Crippen molar-refractivity contribution in [2.45, 2.75) is 44.6 Å². The monoisotopic (exact) mass is 455 g/mol. The molecule has 0 saturated carbocycles. The summed E-state index contributed by atoms with van der Waals surface area (Å²) in [5.74, 6) is -0.185. The van der Waals surface area contributed by atoms with Gasteiger partial charge in [0.05, 0.1) is 23.7 Å². The van der Waals surface area contributed by atoms with Gasteiger partial charge in [-0.15, -0.1) is 0 Å². The van der Waals surface area contributed by atoms with Crippen LogP contribution in [0.1, 0.15) is 44.5 Å². The van der Waals surface area contributed by atoms with E-state index in [1.807, 2.05) is 0 Å². The fourth-order valence-corrected chi connectivity index (χ4v) is 5.87. The van der Waals surface area contributed by atoms with Gasteiger partial charge in [-0.25, -0.2) is 12.8 Å². The zero-order chi connectivity index (χ0) is 22.8. The summed E-state index contributed by atoms with van der Waals surface area (Å²) in [7, 11) is -3.81. The summed E-state index contributed by atoms with van der Waals surface area (Å²) in [4.78, 5) is 15.1. The first-order valence-electron chi connectivity index (χ1n) is 10.9. The van der Waals surface area contributed by atoms with Gasteiger partial charge in [0.2, 0.25) is 10.0 Å². The molecule has 174 valence electrons. The number of sulfonamides is 1. The predicted octanol–water partition coefficient (Wildman–Crippen LogP) is 2.33. The lowest BCUT2D eigenvalue weighted by Crippen LogP contribution is -2.56. The first kappa shape index (κ1) is 24.1. The fourth-order valence-electron chi connectivity index (χ4n) is 4.44. The maximum absolute atomic E-state index is 14.4. The normalized spacial score (nSPS) is 24.2. The number of benzene rings is 1. The van der Waals surface area contributed by atoms with E-state index in [1.165, 1.54) is 16.8 Å². The number of nitrogens with zero attached hydrogens (tertiary/aromatic N) is 2. The molecule has 0 radical (unpaired) electrons. The van der Waals surface area contributed by atoms with E-state index in [4.69, 9.17) is 4.74 Å². The number of morpholine rings is 1. The van der Waals surface area contributed by atoms with Crippen LogP contribution in [0.3, 0.4) is 0 Å². The quantitative estimate of drug-likeness (QED) is 0.712. The van der Waals surface area contributed by atoms with Crippen LogP contribution in [0.25, 0.3) is 0 Å². The molecule has 1 N–H and O–H groups in total. The van der Waals surface area contributed by atoms with Gasteiger partial charge in [-0.3, -0.25) is 9.69 Å².